The molecule has 0 atom stereocenters. The fourth-order valence-corrected chi connectivity index (χ4v) is 2.96. The molecule has 2 aromatic rings. The van der Waals surface area contributed by atoms with Crippen LogP contribution in [0, 0.1) is 13.8 Å². The third-order valence-electron chi connectivity index (χ3n) is 4.01. The van der Waals surface area contributed by atoms with Gasteiger partial charge in [-0.1, -0.05) is 29.8 Å². The van der Waals surface area contributed by atoms with Crippen molar-refractivity contribution in [3.63, 3.8) is 0 Å². The van der Waals surface area contributed by atoms with E-state index in [9.17, 15) is 4.79 Å². The summed E-state index contributed by atoms with van der Waals surface area (Å²) in [6.07, 6.45) is 1.86. The van der Waals surface area contributed by atoms with Gasteiger partial charge < -0.3 is 4.74 Å². The van der Waals surface area contributed by atoms with Crippen molar-refractivity contribution < 1.29 is 9.53 Å². The summed E-state index contributed by atoms with van der Waals surface area (Å²) in [6, 6.07) is 13.5. The molecule has 0 saturated carbocycles. The lowest BCUT2D eigenvalue weighted by Gasteiger charge is -2.12. The van der Waals surface area contributed by atoms with Crippen molar-refractivity contribution in [1.29, 1.82) is 0 Å². The highest BCUT2D eigenvalue weighted by Gasteiger charge is 2.28. The summed E-state index contributed by atoms with van der Waals surface area (Å²) in [4.78, 5) is 12.8. The minimum absolute atomic E-state index is 0.125. The summed E-state index contributed by atoms with van der Waals surface area (Å²) in [5.41, 5.74) is 5.11. The summed E-state index contributed by atoms with van der Waals surface area (Å²) in [5.74, 6) is 0.659. The van der Waals surface area contributed by atoms with Crippen molar-refractivity contribution >= 4 is 23.4 Å². The molecule has 0 fully saturated rings. The van der Waals surface area contributed by atoms with Crippen molar-refractivity contribution in [1.82, 2.24) is 0 Å². The van der Waals surface area contributed by atoms with Gasteiger partial charge in [0.05, 0.1) is 24.1 Å². The van der Waals surface area contributed by atoms with Gasteiger partial charge in [0.1, 0.15) is 5.75 Å². The number of carbonyl (C=O) groups excluding carboxylic acids is 1. The first kappa shape index (κ1) is 16.0. The molecule has 122 valence electrons. The van der Waals surface area contributed by atoms with E-state index in [-0.39, 0.29) is 5.91 Å². The van der Waals surface area contributed by atoms with Crippen molar-refractivity contribution in [2.75, 3.05) is 12.1 Å². The number of hydrazone groups is 1. The normalized spacial score (nSPS) is 15.8. The fourth-order valence-electron chi connectivity index (χ4n) is 2.96. The molecule has 0 spiro atoms. The quantitative estimate of drug-likeness (QED) is 0.798. The van der Waals surface area contributed by atoms with Gasteiger partial charge in [-0.05, 0) is 50.6 Å². The maximum atomic E-state index is 12.8. The van der Waals surface area contributed by atoms with Crippen LogP contribution in [-0.4, -0.2) is 18.7 Å². The number of hydrogen-bond donors (Lipinski definition) is 0. The van der Waals surface area contributed by atoms with E-state index in [2.05, 4.69) is 11.2 Å². The molecule has 0 bridgehead atoms. The summed E-state index contributed by atoms with van der Waals surface area (Å²) in [5, 5.41) is 5.85. The monoisotopic (exact) mass is 320 g/mol. The number of para-hydroxylation sites is 1. The molecule has 24 heavy (non-hydrogen) atoms. The smallest absolute Gasteiger partial charge is 0.280 e. The van der Waals surface area contributed by atoms with E-state index >= 15 is 0 Å². The molecule has 4 heteroatoms. The van der Waals surface area contributed by atoms with Crippen LogP contribution in [0.1, 0.15) is 23.6 Å². The van der Waals surface area contributed by atoms with Crippen LogP contribution in [0.4, 0.5) is 5.69 Å². The van der Waals surface area contributed by atoms with Crippen LogP contribution >= 0.6 is 0 Å². The van der Waals surface area contributed by atoms with E-state index < -0.39 is 0 Å². The zero-order valence-electron chi connectivity index (χ0n) is 14.3. The Morgan fingerprint density at radius 2 is 1.79 bits per heavy atom. The van der Waals surface area contributed by atoms with Crippen molar-refractivity contribution in [2.45, 2.75) is 20.8 Å². The second-order valence-electron chi connectivity index (χ2n) is 5.90. The molecule has 1 heterocycles. The standard InChI is InChI=1S/C20H20N2O2/c1-13-10-14(2)19(24-4)16(11-13)12-18-15(3)21-22(20(18)23)17-8-6-5-7-9-17/h5-12H,1-4H3/b18-12-. The molecule has 0 aliphatic carbocycles. The number of hydrogen-bond acceptors (Lipinski definition) is 3. The van der Waals surface area contributed by atoms with Gasteiger partial charge in [0.2, 0.25) is 0 Å². The maximum Gasteiger partial charge on any atom is 0.280 e. The van der Waals surface area contributed by atoms with Crippen molar-refractivity contribution in [3.05, 3.63) is 64.7 Å². The Bertz CT molecular complexity index is 851. The molecule has 0 N–H and O–H groups in total. The Labute approximate surface area is 142 Å². The number of rotatable bonds is 3. The number of methoxy groups -OCH3 is 1. The van der Waals surface area contributed by atoms with Gasteiger partial charge in [-0.15, -0.1) is 0 Å². The predicted molar refractivity (Wildman–Crippen MR) is 97.5 cm³/mol. The highest BCUT2D eigenvalue weighted by molar-refractivity contribution is 6.32. The highest BCUT2D eigenvalue weighted by atomic mass is 16.5. The molecule has 0 radical (unpaired) electrons. The highest BCUT2D eigenvalue weighted by Crippen LogP contribution is 2.30. The minimum Gasteiger partial charge on any atom is -0.496 e. The minimum atomic E-state index is -0.125. The molecular weight excluding hydrogens is 300 g/mol. The van der Waals surface area contributed by atoms with Gasteiger partial charge in [0, 0.05) is 5.56 Å². The van der Waals surface area contributed by atoms with Crippen molar-refractivity contribution in [3.8, 4) is 5.75 Å². The average Bonchev–Trinajstić information content (AvgIpc) is 2.83. The summed E-state index contributed by atoms with van der Waals surface area (Å²) >= 11 is 0. The van der Waals surface area contributed by atoms with Crippen LogP contribution in [0.5, 0.6) is 5.75 Å². The van der Waals surface area contributed by atoms with Crippen LogP contribution in [0.3, 0.4) is 0 Å². The first-order valence-corrected chi connectivity index (χ1v) is 7.83. The number of anilines is 1. The second kappa shape index (κ2) is 6.32. The first-order chi connectivity index (χ1) is 11.5. The number of nitrogens with zero attached hydrogens (tertiary/aromatic N) is 2. The lowest BCUT2D eigenvalue weighted by Crippen LogP contribution is -2.21. The molecule has 0 aromatic heterocycles. The number of carbonyl (C=O) groups is 1. The predicted octanol–water partition coefficient (Wildman–Crippen LogP) is 4.12. The summed E-state index contributed by atoms with van der Waals surface area (Å²) in [7, 11) is 1.65. The van der Waals surface area contributed by atoms with Crippen LogP contribution in [0.25, 0.3) is 6.08 Å². The molecule has 0 unspecified atom stereocenters. The Morgan fingerprint density at radius 1 is 1.08 bits per heavy atom. The van der Waals surface area contributed by atoms with Gasteiger partial charge in [-0.25, -0.2) is 0 Å². The largest absolute Gasteiger partial charge is 0.496 e. The lowest BCUT2D eigenvalue weighted by molar-refractivity contribution is -0.114. The Morgan fingerprint density at radius 3 is 2.46 bits per heavy atom. The van der Waals surface area contributed by atoms with Gasteiger partial charge in [-0.3, -0.25) is 4.79 Å². The van der Waals surface area contributed by atoms with Crippen LogP contribution < -0.4 is 9.75 Å². The SMILES string of the molecule is COc1c(C)cc(C)cc1/C=C1\C(=O)N(c2ccccc2)N=C1C. The van der Waals surface area contributed by atoms with E-state index in [1.807, 2.05) is 63.2 Å². The topological polar surface area (TPSA) is 41.9 Å². The van der Waals surface area contributed by atoms with Gasteiger partial charge >= 0.3 is 0 Å². The van der Waals surface area contributed by atoms with Gasteiger partial charge in [0.15, 0.2) is 0 Å². The molecule has 1 amide bonds. The average molecular weight is 320 g/mol. The number of aryl methyl sites for hydroxylation is 2. The van der Waals surface area contributed by atoms with E-state index in [1.165, 1.54) is 5.01 Å². The second-order valence-corrected chi connectivity index (χ2v) is 5.90. The van der Waals surface area contributed by atoms with Crippen LogP contribution in [-0.2, 0) is 4.79 Å². The van der Waals surface area contributed by atoms with Gasteiger partial charge in [-0.2, -0.15) is 10.1 Å². The molecule has 0 saturated heterocycles. The number of ether oxygens (including phenoxy) is 1. The van der Waals surface area contributed by atoms with E-state index in [0.29, 0.717) is 11.3 Å². The third-order valence-corrected chi connectivity index (χ3v) is 4.01. The molecule has 2 aromatic carbocycles. The van der Waals surface area contributed by atoms with Gasteiger partial charge in [0.25, 0.3) is 5.91 Å². The number of amides is 1. The van der Waals surface area contributed by atoms with Crippen LogP contribution in [0.2, 0.25) is 0 Å². The fraction of sp³-hybridized carbons (Fsp3) is 0.200. The molecule has 3 rings (SSSR count). The molecule has 1 aliphatic rings. The Kier molecular flexibility index (Phi) is 4.21. The zero-order valence-corrected chi connectivity index (χ0v) is 14.3. The third kappa shape index (κ3) is 2.83. The van der Waals surface area contributed by atoms with E-state index in [0.717, 1.165) is 28.1 Å². The lowest BCUT2D eigenvalue weighted by atomic mass is 10.0. The molecule has 1 aliphatic heterocycles. The summed E-state index contributed by atoms with van der Waals surface area (Å²) < 4.78 is 5.51. The van der Waals surface area contributed by atoms with Crippen LogP contribution in [0.15, 0.2) is 53.1 Å². The molecular formula is C20H20N2O2. The Hall–Kier alpha value is -2.88. The van der Waals surface area contributed by atoms with E-state index in [1.54, 1.807) is 7.11 Å². The maximum absolute atomic E-state index is 12.8. The number of benzene rings is 2. The summed E-state index contributed by atoms with van der Waals surface area (Å²) in [6.45, 7) is 5.88. The Balaban J connectivity index is 2.04. The zero-order chi connectivity index (χ0) is 17.3. The molecule has 4 nitrogen and oxygen atoms in total. The first-order valence-electron chi connectivity index (χ1n) is 7.83. The van der Waals surface area contributed by atoms with Crippen molar-refractivity contribution in [2.24, 2.45) is 5.10 Å². The van der Waals surface area contributed by atoms with E-state index in [4.69, 9.17) is 4.74 Å².